The highest BCUT2D eigenvalue weighted by molar-refractivity contribution is 9.10. The van der Waals surface area contributed by atoms with Gasteiger partial charge in [0, 0.05) is 28.4 Å². The van der Waals surface area contributed by atoms with Crippen LogP contribution in [0.2, 0.25) is 0 Å². The third kappa shape index (κ3) is 8.55. The second-order valence-electron chi connectivity index (χ2n) is 8.77. The molecule has 3 rings (SSSR count). The van der Waals surface area contributed by atoms with E-state index in [0.29, 0.717) is 13.0 Å². The van der Waals surface area contributed by atoms with Gasteiger partial charge in [0.25, 0.3) is 0 Å². The first-order valence-electron chi connectivity index (χ1n) is 11.9. The molecule has 2 atom stereocenters. The summed E-state index contributed by atoms with van der Waals surface area (Å²) in [5.41, 5.74) is 3.19. The van der Waals surface area contributed by atoms with Gasteiger partial charge in [-0.1, -0.05) is 83.0 Å². The van der Waals surface area contributed by atoms with Crippen molar-refractivity contribution in [3.05, 3.63) is 100 Å². The van der Waals surface area contributed by atoms with E-state index >= 15 is 0 Å². The maximum Gasteiger partial charge on any atom is 0.243 e. The highest BCUT2D eigenvalue weighted by atomic mass is 79.9. The van der Waals surface area contributed by atoms with Gasteiger partial charge in [-0.05, 0) is 55.7 Å². The van der Waals surface area contributed by atoms with Crippen molar-refractivity contribution < 1.29 is 9.59 Å². The van der Waals surface area contributed by atoms with Gasteiger partial charge in [0.1, 0.15) is 6.04 Å². The Morgan fingerprint density at radius 2 is 1.60 bits per heavy atom. The molecule has 4 nitrogen and oxygen atoms in total. The van der Waals surface area contributed by atoms with Gasteiger partial charge < -0.3 is 10.2 Å². The van der Waals surface area contributed by atoms with Crippen LogP contribution in [-0.2, 0) is 22.6 Å². The molecule has 0 spiro atoms. The minimum atomic E-state index is -0.610. The molecule has 2 amide bonds. The first kappa shape index (κ1) is 27.0. The quantitative estimate of drug-likeness (QED) is 0.280. The SMILES string of the molecule is CC[C@H](C)NC(=O)[C@@H](Cc1ccccc1)N(Cc1ccc(Br)cc1)C(=O)CSc1ccc(C)cc1. The van der Waals surface area contributed by atoms with Crippen molar-refractivity contribution in [2.24, 2.45) is 0 Å². The number of aryl methyl sites for hydroxylation is 1. The molecule has 0 unspecified atom stereocenters. The minimum absolute atomic E-state index is 0.0346. The lowest BCUT2D eigenvalue weighted by molar-refractivity contribution is -0.139. The summed E-state index contributed by atoms with van der Waals surface area (Å²) in [6.07, 6.45) is 1.29. The number of rotatable bonds is 11. The Bertz CT molecular complexity index is 1090. The van der Waals surface area contributed by atoms with Gasteiger partial charge >= 0.3 is 0 Å². The van der Waals surface area contributed by atoms with E-state index in [9.17, 15) is 9.59 Å². The van der Waals surface area contributed by atoms with Crippen LogP contribution in [0.5, 0.6) is 0 Å². The number of carbonyl (C=O) groups is 2. The number of hydrogen-bond donors (Lipinski definition) is 1. The Morgan fingerprint density at radius 3 is 2.23 bits per heavy atom. The molecule has 0 saturated heterocycles. The van der Waals surface area contributed by atoms with Crippen molar-refractivity contribution in [3.63, 3.8) is 0 Å². The van der Waals surface area contributed by atoms with Gasteiger partial charge in [0.2, 0.25) is 11.8 Å². The topological polar surface area (TPSA) is 49.4 Å². The number of nitrogens with zero attached hydrogens (tertiary/aromatic N) is 1. The molecule has 6 heteroatoms. The van der Waals surface area contributed by atoms with Crippen LogP contribution in [0.3, 0.4) is 0 Å². The van der Waals surface area contributed by atoms with Crippen molar-refractivity contribution in [1.29, 1.82) is 0 Å². The molecule has 0 fully saturated rings. The van der Waals surface area contributed by atoms with Crippen molar-refractivity contribution in [1.82, 2.24) is 10.2 Å². The first-order valence-corrected chi connectivity index (χ1v) is 13.7. The molecule has 35 heavy (non-hydrogen) atoms. The Balaban J connectivity index is 1.89. The number of amides is 2. The Labute approximate surface area is 221 Å². The summed E-state index contributed by atoms with van der Waals surface area (Å²) in [4.78, 5) is 29.9. The highest BCUT2D eigenvalue weighted by Gasteiger charge is 2.31. The van der Waals surface area contributed by atoms with Crippen molar-refractivity contribution >= 4 is 39.5 Å². The number of thioether (sulfide) groups is 1. The van der Waals surface area contributed by atoms with Gasteiger partial charge in [-0.2, -0.15) is 0 Å². The zero-order valence-electron chi connectivity index (χ0n) is 20.5. The lowest BCUT2D eigenvalue weighted by Crippen LogP contribution is -2.52. The fraction of sp³-hybridized carbons (Fsp3) is 0.310. The molecule has 184 valence electrons. The van der Waals surface area contributed by atoms with Crippen LogP contribution in [0.25, 0.3) is 0 Å². The second-order valence-corrected chi connectivity index (χ2v) is 10.7. The summed E-state index contributed by atoms with van der Waals surface area (Å²) in [7, 11) is 0. The fourth-order valence-corrected chi connectivity index (χ4v) is 4.69. The molecular weight excluding hydrogens is 520 g/mol. The molecule has 0 heterocycles. The molecule has 0 radical (unpaired) electrons. The lowest BCUT2D eigenvalue weighted by atomic mass is 10.0. The number of hydrogen-bond acceptors (Lipinski definition) is 3. The zero-order chi connectivity index (χ0) is 25.2. The van der Waals surface area contributed by atoms with E-state index in [-0.39, 0.29) is 23.6 Å². The first-order chi connectivity index (χ1) is 16.9. The van der Waals surface area contributed by atoms with Crippen LogP contribution in [0.4, 0.5) is 0 Å². The van der Waals surface area contributed by atoms with E-state index in [2.05, 4.69) is 21.2 Å². The maximum absolute atomic E-state index is 13.7. The highest BCUT2D eigenvalue weighted by Crippen LogP contribution is 2.22. The summed E-state index contributed by atoms with van der Waals surface area (Å²) in [5, 5.41) is 3.11. The monoisotopic (exact) mass is 552 g/mol. The predicted octanol–water partition coefficient (Wildman–Crippen LogP) is 6.40. The Kier molecular flexibility index (Phi) is 10.4. The fourth-order valence-electron chi connectivity index (χ4n) is 3.64. The summed E-state index contributed by atoms with van der Waals surface area (Å²) in [5.74, 6) is 0.0920. The lowest BCUT2D eigenvalue weighted by Gasteiger charge is -2.32. The van der Waals surface area contributed by atoms with Crippen molar-refractivity contribution in [2.45, 2.75) is 57.1 Å². The van der Waals surface area contributed by atoms with Crippen LogP contribution < -0.4 is 5.32 Å². The minimum Gasteiger partial charge on any atom is -0.352 e. The van der Waals surface area contributed by atoms with Crippen LogP contribution in [0.15, 0.2) is 88.2 Å². The number of benzene rings is 3. The van der Waals surface area contributed by atoms with E-state index < -0.39 is 6.04 Å². The van der Waals surface area contributed by atoms with Crippen LogP contribution in [0, 0.1) is 6.92 Å². The van der Waals surface area contributed by atoms with Gasteiger partial charge in [-0.3, -0.25) is 9.59 Å². The molecule has 1 N–H and O–H groups in total. The van der Waals surface area contributed by atoms with Gasteiger partial charge in [-0.25, -0.2) is 0 Å². The third-order valence-corrected chi connectivity index (χ3v) is 7.45. The summed E-state index contributed by atoms with van der Waals surface area (Å²) in [6, 6.07) is 25.4. The smallest absolute Gasteiger partial charge is 0.243 e. The Hall–Kier alpha value is -2.57. The molecule has 0 bridgehead atoms. The molecule has 0 saturated carbocycles. The van der Waals surface area contributed by atoms with Crippen LogP contribution in [0.1, 0.15) is 37.0 Å². The normalized spacial score (nSPS) is 12.6. The summed E-state index contributed by atoms with van der Waals surface area (Å²) < 4.78 is 0.976. The number of nitrogens with one attached hydrogen (secondary N) is 1. The van der Waals surface area contributed by atoms with Crippen LogP contribution >= 0.6 is 27.7 Å². The van der Waals surface area contributed by atoms with Crippen LogP contribution in [-0.4, -0.2) is 34.6 Å². The van der Waals surface area contributed by atoms with Gasteiger partial charge in [0.15, 0.2) is 0 Å². The van der Waals surface area contributed by atoms with Gasteiger partial charge in [-0.15, -0.1) is 11.8 Å². The second kappa shape index (κ2) is 13.5. The zero-order valence-corrected chi connectivity index (χ0v) is 22.9. The Morgan fingerprint density at radius 1 is 0.943 bits per heavy atom. The number of halogens is 1. The summed E-state index contributed by atoms with van der Waals surface area (Å²) >= 11 is 4.98. The van der Waals surface area contributed by atoms with E-state index in [1.165, 1.54) is 17.3 Å². The van der Waals surface area contributed by atoms with E-state index in [1.807, 2.05) is 99.6 Å². The predicted molar refractivity (Wildman–Crippen MR) is 148 cm³/mol. The maximum atomic E-state index is 13.7. The molecule has 3 aromatic carbocycles. The molecule has 0 aliphatic carbocycles. The van der Waals surface area contributed by atoms with E-state index in [4.69, 9.17) is 0 Å². The average Bonchev–Trinajstić information content (AvgIpc) is 2.87. The van der Waals surface area contributed by atoms with E-state index in [1.54, 1.807) is 4.90 Å². The third-order valence-electron chi connectivity index (χ3n) is 5.92. The van der Waals surface area contributed by atoms with E-state index in [0.717, 1.165) is 26.9 Å². The molecular formula is C29H33BrN2O2S. The van der Waals surface area contributed by atoms with Crippen molar-refractivity contribution in [3.8, 4) is 0 Å². The molecule has 3 aromatic rings. The molecule has 0 aromatic heterocycles. The molecule has 0 aliphatic heterocycles. The average molecular weight is 554 g/mol. The van der Waals surface area contributed by atoms with Crippen molar-refractivity contribution in [2.75, 3.05) is 5.75 Å². The largest absolute Gasteiger partial charge is 0.352 e. The number of carbonyl (C=O) groups excluding carboxylic acids is 2. The molecule has 0 aliphatic rings. The standard InChI is InChI=1S/C29H33BrN2O2S/c1-4-22(3)31-29(34)27(18-23-8-6-5-7-9-23)32(19-24-12-14-25(30)15-13-24)28(33)20-35-26-16-10-21(2)11-17-26/h5-17,22,27H,4,18-20H2,1-3H3,(H,31,34)/t22-,27+/m0/s1. The van der Waals surface area contributed by atoms with Gasteiger partial charge in [0.05, 0.1) is 5.75 Å². The summed E-state index contributed by atoms with van der Waals surface area (Å²) in [6.45, 7) is 6.45.